The lowest BCUT2D eigenvalue weighted by atomic mass is 9.57. The van der Waals surface area contributed by atoms with Crippen LogP contribution in [0.5, 0.6) is 5.75 Å². The van der Waals surface area contributed by atoms with Crippen molar-refractivity contribution in [3.05, 3.63) is 44.2 Å². The summed E-state index contributed by atoms with van der Waals surface area (Å²) in [7, 11) is -1.61. The van der Waals surface area contributed by atoms with Gasteiger partial charge in [-0.2, -0.15) is 8.42 Å². The minimum atomic E-state index is -4.67. The van der Waals surface area contributed by atoms with E-state index in [1.165, 1.54) is 25.1 Å². The molecule has 0 radical (unpaired) electrons. The Morgan fingerprint density at radius 1 is 1.11 bits per heavy atom. The van der Waals surface area contributed by atoms with E-state index in [1.54, 1.807) is 0 Å². The molecule has 8 N–H and O–H groups in total. The van der Waals surface area contributed by atoms with Crippen molar-refractivity contribution in [1.29, 1.82) is 0 Å². The van der Waals surface area contributed by atoms with E-state index in [4.69, 9.17) is 23.3 Å². The highest BCUT2D eigenvalue weighted by atomic mass is 32.3. The number of fused-ring (bicyclic) bond motifs is 3. The topological polar surface area (TPSA) is 282 Å². The van der Waals surface area contributed by atoms with E-state index in [9.17, 15) is 44.9 Å². The molecule has 0 heterocycles. The summed E-state index contributed by atoms with van der Waals surface area (Å²) >= 11 is 0. The van der Waals surface area contributed by atoms with Crippen molar-refractivity contribution in [3.63, 3.8) is 0 Å². The molecule has 0 saturated heterocycles. The van der Waals surface area contributed by atoms with Crippen molar-refractivity contribution in [2.75, 3.05) is 32.1 Å². The number of aliphatic hydroxyl groups excluding tert-OH is 2. The number of hydrogen-bond donors (Lipinski definition) is 7. The van der Waals surface area contributed by atoms with E-state index in [1.807, 2.05) is 18.7 Å². The Labute approximate surface area is 270 Å². The fraction of sp³-hybridized carbons (Fsp3) is 0.552. The molecule has 2 unspecified atom stereocenters. The van der Waals surface area contributed by atoms with Gasteiger partial charge in [-0.25, -0.2) is 0 Å². The third-order valence-electron chi connectivity index (χ3n) is 8.78. The maximum atomic E-state index is 14.1. The van der Waals surface area contributed by atoms with Crippen molar-refractivity contribution in [2.24, 2.45) is 17.6 Å². The van der Waals surface area contributed by atoms with Gasteiger partial charge in [0, 0.05) is 36.3 Å². The monoisotopic (exact) mass is 684 g/mol. The maximum Gasteiger partial charge on any atom is 0.394 e. The summed E-state index contributed by atoms with van der Waals surface area (Å²) in [4.78, 5) is 54.1. The number of carbonyl (C=O) groups is 3. The number of anilines is 1. The summed E-state index contributed by atoms with van der Waals surface area (Å²) in [6.45, 7) is 5.17. The molecule has 17 nitrogen and oxygen atoms in total. The first-order chi connectivity index (χ1) is 21.7. The largest absolute Gasteiger partial charge is 0.508 e. The SMILES string of the molecule is CCCCN(CCCC)c1cc([N+](=O)[O-])c(O)c2c1CC1CC3[C@H](N(C)C)C(=O)C(C(N)=O)=C(O)[C@@]3(O)C(=O)C1=C2O.O=S(=O)(O)O. The third kappa shape index (κ3) is 6.96. The summed E-state index contributed by atoms with van der Waals surface area (Å²) in [5.74, 6) is -8.06. The minimum Gasteiger partial charge on any atom is -0.508 e. The Morgan fingerprint density at radius 3 is 2.09 bits per heavy atom. The number of primary amides is 1. The summed E-state index contributed by atoms with van der Waals surface area (Å²) in [5.41, 5.74) is 1.26. The highest BCUT2D eigenvalue weighted by Crippen LogP contribution is 2.55. The van der Waals surface area contributed by atoms with Crippen LogP contribution in [-0.2, 0) is 31.2 Å². The molecule has 4 atom stereocenters. The van der Waals surface area contributed by atoms with Gasteiger partial charge in [0.05, 0.1) is 16.5 Å². The number of likely N-dealkylation sites (N-methyl/N-ethyl adjacent to an activating group) is 1. The molecule has 0 spiro atoms. The van der Waals surface area contributed by atoms with Gasteiger partial charge in [0.15, 0.2) is 11.4 Å². The second kappa shape index (κ2) is 13.9. The van der Waals surface area contributed by atoms with Crippen LogP contribution in [0.1, 0.15) is 57.1 Å². The fourth-order valence-electron chi connectivity index (χ4n) is 6.75. The normalized spacial score (nSPS) is 23.9. The number of amides is 1. The molecule has 260 valence electrons. The number of ketones is 2. The number of nitrogens with two attached hydrogens (primary N) is 1. The lowest BCUT2D eigenvalue weighted by Gasteiger charge is -2.50. The molecular formula is C29H40N4O13S. The van der Waals surface area contributed by atoms with Crippen molar-refractivity contribution in [2.45, 2.75) is 64.0 Å². The van der Waals surface area contributed by atoms with Crippen LogP contribution < -0.4 is 10.6 Å². The zero-order valence-corrected chi connectivity index (χ0v) is 27.2. The van der Waals surface area contributed by atoms with E-state index in [0.29, 0.717) is 24.3 Å². The minimum absolute atomic E-state index is 0.0597. The molecule has 3 aliphatic carbocycles. The van der Waals surface area contributed by atoms with Gasteiger partial charge < -0.3 is 31.1 Å². The van der Waals surface area contributed by atoms with E-state index in [2.05, 4.69) is 0 Å². The van der Waals surface area contributed by atoms with Crippen LogP contribution in [0.4, 0.5) is 11.4 Å². The number of unbranched alkanes of at least 4 members (excludes halogenated alkanes) is 2. The number of nitro groups is 1. The van der Waals surface area contributed by atoms with Gasteiger partial charge in [-0.1, -0.05) is 26.7 Å². The standard InChI is InChI=1S/C29H38N4O9.H2O4S/c1-5-7-9-32(10-8-6-2)17-13-18(33(41)42)23(34)20-15(17)11-14-12-16-22(31(3)4)25(36)21(28(30)39)27(38)29(16,40)26(37)19(14)24(20)35;1-5(2,3)4/h13-14,16,22,34-35,38,40H,5-12H2,1-4H3,(H2,30,39);(H2,1,2,3,4)/t14?,16?,22-,29-;/m0./s1. The van der Waals surface area contributed by atoms with Crippen molar-refractivity contribution >= 4 is 45.0 Å². The Bertz CT molecular complexity index is 1640. The van der Waals surface area contributed by atoms with E-state index in [-0.39, 0.29) is 24.0 Å². The Kier molecular flexibility index (Phi) is 11.1. The number of nitro benzene ring substituents is 1. The van der Waals surface area contributed by atoms with E-state index < -0.39 is 84.8 Å². The molecule has 1 fully saturated rings. The second-order valence-corrected chi connectivity index (χ2v) is 12.9. The quantitative estimate of drug-likeness (QED) is 0.0798. The smallest absolute Gasteiger partial charge is 0.394 e. The highest BCUT2D eigenvalue weighted by molar-refractivity contribution is 7.79. The van der Waals surface area contributed by atoms with Crippen LogP contribution in [0.3, 0.4) is 0 Å². The molecule has 4 rings (SSSR count). The molecule has 3 aliphatic rings. The van der Waals surface area contributed by atoms with Gasteiger partial charge in [0.2, 0.25) is 11.5 Å². The van der Waals surface area contributed by atoms with Gasteiger partial charge in [0.25, 0.3) is 5.91 Å². The number of Topliss-reactive ketones (excluding diaryl/α,β-unsaturated/α-hetero) is 2. The average Bonchev–Trinajstić information content (AvgIpc) is 2.94. The average molecular weight is 685 g/mol. The van der Waals surface area contributed by atoms with Crippen molar-refractivity contribution in [1.82, 2.24) is 4.90 Å². The molecular weight excluding hydrogens is 644 g/mol. The zero-order valence-electron chi connectivity index (χ0n) is 26.3. The van der Waals surface area contributed by atoms with Crippen LogP contribution in [0.25, 0.3) is 5.76 Å². The number of aromatic hydroxyl groups is 1. The summed E-state index contributed by atoms with van der Waals surface area (Å²) < 4.78 is 31.6. The van der Waals surface area contributed by atoms with Gasteiger partial charge in [-0.3, -0.25) is 38.5 Å². The van der Waals surface area contributed by atoms with Crippen LogP contribution in [0.15, 0.2) is 23.0 Å². The summed E-state index contributed by atoms with van der Waals surface area (Å²) in [5, 5.41) is 57.3. The molecule has 0 aromatic heterocycles. The predicted molar refractivity (Wildman–Crippen MR) is 167 cm³/mol. The van der Waals surface area contributed by atoms with Gasteiger partial charge >= 0.3 is 16.1 Å². The number of phenols is 1. The zero-order chi connectivity index (χ0) is 35.8. The van der Waals surface area contributed by atoms with Crippen molar-refractivity contribution in [3.8, 4) is 5.75 Å². The molecule has 0 bridgehead atoms. The van der Waals surface area contributed by atoms with E-state index >= 15 is 0 Å². The number of hydrogen-bond acceptors (Lipinski definition) is 13. The lowest BCUT2D eigenvalue weighted by molar-refractivity contribution is -0.385. The molecule has 0 aliphatic heterocycles. The first-order valence-electron chi connectivity index (χ1n) is 14.9. The number of carbonyl (C=O) groups excluding carboxylic acids is 3. The lowest BCUT2D eigenvalue weighted by Crippen LogP contribution is -2.65. The molecule has 1 aromatic rings. The Hall–Kier alpha value is -4.10. The van der Waals surface area contributed by atoms with Crippen LogP contribution in [0, 0.1) is 22.0 Å². The number of benzene rings is 1. The summed E-state index contributed by atoms with van der Waals surface area (Å²) in [6.07, 6.45) is 3.30. The Morgan fingerprint density at radius 2 is 1.64 bits per heavy atom. The van der Waals surface area contributed by atoms with Crippen LogP contribution in [-0.4, -0.2) is 104 Å². The maximum absolute atomic E-state index is 14.1. The van der Waals surface area contributed by atoms with Gasteiger partial charge in [-0.05, 0) is 51.3 Å². The van der Waals surface area contributed by atoms with Gasteiger partial charge in [-0.15, -0.1) is 0 Å². The van der Waals surface area contributed by atoms with Crippen LogP contribution in [0.2, 0.25) is 0 Å². The number of nitrogens with zero attached hydrogens (tertiary/aromatic N) is 3. The predicted octanol–water partition coefficient (Wildman–Crippen LogP) is 1.63. The van der Waals surface area contributed by atoms with Crippen molar-refractivity contribution < 1.29 is 57.3 Å². The molecule has 1 amide bonds. The molecule has 18 heteroatoms. The molecule has 47 heavy (non-hydrogen) atoms. The second-order valence-electron chi connectivity index (χ2n) is 12.0. The van der Waals surface area contributed by atoms with Gasteiger partial charge in [0.1, 0.15) is 17.1 Å². The van der Waals surface area contributed by atoms with E-state index in [0.717, 1.165) is 25.7 Å². The molecule has 1 aromatic carbocycles. The first-order valence-corrected chi connectivity index (χ1v) is 16.3. The summed E-state index contributed by atoms with van der Waals surface area (Å²) in [6, 6.07) is 0.0944. The highest BCUT2D eigenvalue weighted by Gasteiger charge is 2.64. The number of aliphatic hydroxyl groups is 3. The first kappa shape index (κ1) is 37.4. The molecule has 1 saturated carbocycles. The number of phenolic OH excluding ortho intramolecular Hbond substituents is 1. The Balaban J connectivity index is 0.00000111. The fourth-order valence-corrected chi connectivity index (χ4v) is 6.75. The third-order valence-corrected chi connectivity index (χ3v) is 8.78. The number of rotatable bonds is 10. The van der Waals surface area contributed by atoms with Crippen LogP contribution >= 0.6 is 0 Å².